The van der Waals surface area contributed by atoms with Crippen LogP contribution in [0.15, 0.2) is 5.11 Å². The molecular formula is C14H26N4O2. The highest BCUT2D eigenvalue weighted by molar-refractivity contribution is 5.82. The van der Waals surface area contributed by atoms with Crippen molar-refractivity contribution >= 4 is 5.97 Å². The van der Waals surface area contributed by atoms with E-state index in [2.05, 4.69) is 29.2 Å². The van der Waals surface area contributed by atoms with Gasteiger partial charge in [-0.2, -0.15) is 0 Å². The van der Waals surface area contributed by atoms with Crippen LogP contribution < -0.4 is 5.32 Å². The summed E-state index contributed by atoms with van der Waals surface area (Å²) in [4.78, 5) is 15.2. The Kier molecular flexibility index (Phi) is 6.30. The van der Waals surface area contributed by atoms with Crippen molar-refractivity contribution < 1.29 is 9.53 Å². The molecule has 0 saturated heterocycles. The maximum absolute atomic E-state index is 12.5. The van der Waals surface area contributed by atoms with Gasteiger partial charge < -0.3 is 10.1 Å². The molecular weight excluding hydrogens is 256 g/mol. The van der Waals surface area contributed by atoms with E-state index < -0.39 is 5.54 Å². The van der Waals surface area contributed by atoms with Crippen LogP contribution in [0.25, 0.3) is 10.4 Å². The van der Waals surface area contributed by atoms with E-state index in [1.807, 2.05) is 6.92 Å². The first-order chi connectivity index (χ1) is 9.50. The molecule has 1 unspecified atom stereocenters. The van der Waals surface area contributed by atoms with E-state index in [-0.39, 0.29) is 11.4 Å². The number of ether oxygens (including phenoxy) is 1. The van der Waals surface area contributed by atoms with Gasteiger partial charge in [-0.15, -0.1) is 0 Å². The topological polar surface area (TPSA) is 87.1 Å². The maximum atomic E-state index is 12.5. The van der Waals surface area contributed by atoms with E-state index in [0.717, 1.165) is 32.1 Å². The predicted molar refractivity (Wildman–Crippen MR) is 78.2 cm³/mol. The lowest BCUT2D eigenvalue weighted by atomic mass is 9.63. The van der Waals surface area contributed by atoms with Gasteiger partial charge in [0, 0.05) is 11.5 Å². The van der Waals surface area contributed by atoms with Gasteiger partial charge in [0.15, 0.2) is 0 Å². The summed E-state index contributed by atoms with van der Waals surface area (Å²) >= 11 is 0. The molecule has 6 nitrogen and oxygen atoms in total. The molecule has 1 aliphatic rings. The molecule has 0 aromatic heterocycles. The van der Waals surface area contributed by atoms with Crippen LogP contribution in [0.2, 0.25) is 0 Å². The van der Waals surface area contributed by atoms with Crippen molar-refractivity contribution in [1.82, 2.24) is 5.32 Å². The molecule has 1 fully saturated rings. The Labute approximate surface area is 120 Å². The van der Waals surface area contributed by atoms with E-state index in [1.165, 1.54) is 0 Å². The molecule has 0 aromatic rings. The van der Waals surface area contributed by atoms with Crippen LogP contribution in [0.5, 0.6) is 0 Å². The quantitative estimate of drug-likeness (QED) is 0.256. The molecule has 1 atom stereocenters. The van der Waals surface area contributed by atoms with Crippen molar-refractivity contribution in [3.8, 4) is 0 Å². The van der Waals surface area contributed by atoms with Gasteiger partial charge in [-0.3, -0.25) is 4.79 Å². The molecule has 1 aliphatic carbocycles. The van der Waals surface area contributed by atoms with Crippen molar-refractivity contribution in [3.05, 3.63) is 10.4 Å². The second-order valence-electron chi connectivity index (χ2n) is 5.95. The highest BCUT2D eigenvalue weighted by atomic mass is 16.5. The minimum absolute atomic E-state index is 0.129. The SMILES string of the molecule is CCOC(=O)C1(NCCCN=[N+]=[N-])CCCCC1(C)C. The van der Waals surface area contributed by atoms with E-state index in [0.29, 0.717) is 19.7 Å². The molecule has 6 heteroatoms. The van der Waals surface area contributed by atoms with Crippen LogP contribution in [0, 0.1) is 5.41 Å². The Balaban J connectivity index is 2.78. The average Bonchev–Trinajstić information content (AvgIpc) is 2.40. The summed E-state index contributed by atoms with van der Waals surface area (Å²) in [5.74, 6) is -0.145. The molecule has 1 rings (SSSR count). The number of nitrogens with one attached hydrogen (secondary N) is 1. The zero-order valence-electron chi connectivity index (χ0n) is 12.8. The van der Waals surface area contributed by atoms with Gasteiger partial charge >= 0.3 is 5.97 Å². The Morgan fingerprint density at radius 3 is 2.70 bits per heavy atom. The van der Waals surface area contributed by atoms with Crippen LogP contribution in [0.3, 0.4) is 0 Å². The number of nitrogens with zero attached hydrogens (tertiary/aromatic N) is 3. The average molecular weight is 282 g/mol. The Bertz CT molecular complexity index is 377. The molecule has 0 aliphatic heterocycles. The maximum Gasteiger partial charge on any atom is 0.326 e. The Hall–Kier alpha value is -1.26. The highest BCUT2D eigenvalue weighted by Crippen LogP contribution is 2.44. The smallest absolute Gasteiger partial charge is 0.326 e. The second-order valence-corrected chi connectivity index (χ2v) is 5.95. The number of esters is 1. The molecule has 0 aromatic carbocycles. The number of hydrogen-bond donors (Lipinski definition) is 1. The van der Waals surface area contributed by atoms with Gasteiger partial charge in [0.2, 0.25) is 0 Å². The summed E-state index contributed by atoms with van der Waals surface area (Å²) in [6.45, 7) is 7.59. The molecule has 0 bridgehead atoms. The van der Waals surface area contributed by atoms with Gasteiger partial charge in [-0.05, 0) is 43.7 Å². The molecule has 20 heavy (non-hydrogen) atoms. The zero-order valence-corrected chi connectivity index (χ0v) is 12.8. The Morgan fingerprint density at radius 1 is 1.40 bits per heavy atom. The van der Waals surface area contributed by atoms with Crippen molar-refractivity contribution in [2.75, 3.05) is 19.7 Å². The summed E-state index contributed by atoms with van der Waals surface area (Å²) < 4.78 is 5.32. The molecule has 1 N–H and O–H groups in total. The van der Waals surface area contributed by atoms with Gasteiger partial charge in [0.05, 0.1) is 6.61 Å². The third-order valence-corrected chi connectivity index (χ3v) is 4.31. The lowest BCUT2D eigenvalue weighted by molar-refractivity contribution is -0.159. The number of rotatable bonds is 7. The standard InChI is InChI=1S/C14H26N4O2/c1-4-20-12(19)14(16-10-7-11-17-18-15)9-6-5-8-13(14,2)3/h16H,4-11H2,1-3H3. The normalized spacial score (nSPS) is 24.8. The summed E-state index contributed by atoms with van der Waals surface area (Å²) in [6.07, 6.45) is 4.72. The minimum atomic E-state index is -0.613. The first-order valence-electron chi connectivity index (χ1n) is 7.43. The number of hydrogen-bond acceptors (Lipinski definition) is 4. The fourth-order valence-corrected chi connectivity index (χ4v) is 3.04. The van der Waals surface area contributed by atoms with Crippen LogP contribution in [-0.4, -0.2) is 31.2 Å². The molecule has 1 saturated carbocycles. The summed E-state index contributed by atoms with van der Waals surface area (Å²) in [5, 5.41) is 6.93. The van der Waals surface area contributed by atoms with Crippen molar-refractivity contribution in [2.24, 2.45) is 10.5 Å². The third kappa shape index (κ3) is 3.64. The Morgan fingerprint density at radius 2 is 2.10 bits per heavy atom. The van der Waals surface area contributed by atoms with Crippen molar-refractivity contribution in [1.29, 1.82) is 0 Å². The predicted octanol–water partition coefficient (Wildman–Crippen LogP) is 3.18. The molecule has 0 spiro atoms. The van der Waals surface area contributed by atoms with Crippen LogP contribution in [0.4, 0.5) is 0 Å². The van der Waals surface area contributed by atoms with Crippen LogP contribution in [-0.2, 0) is 9.53 Å². The van der Waals surface area contributed by atoms with E-state index in [9.17, 15) is 4.79 Å². The van der Waals surface area contributed by atoms with Crippen LogP contribution >= 0.6 is 0 Å². The fourth-order valence-electron chi connectivity index (χ4n) is 3.04. The molecule has 114 valence electrons. The lowest BCUT2D eigenvalue weighted by Crippen LogP contribution is -2.63. The first-order valence-corrected chi connectivity index (χ1v) is 7.43. The lowest BCUT2D eigenvalue weighted by Gasteiger charge is -2.48. The van der Waals surface area contributed by atoms with Gasteiger partial charge in [0.1, 0.15) is 5.54 Å². The van der Waals surface area contributed by atoms with Crippen molar-refractivity contribution in [2.45, 2.75) is 58.4 Å². The van der Waals surface area contributed by atoms with Gasteiger partial charge in [-0.25, -0.2) is 0 Å². The van der Waals surface area contributed by atoms with Crippen LogP contribution in [0.1, 0.15) is 52.9 Å². The number of azide groups is 1. The van der Waals surface area contributed by atoms with E-state index >= 15 is 0 Å². The number of carbonyl (C=O) groups excluding carboxylic acids is 1. The zero-order chi connectivity index (χ0) is 15.1. The third-order valence-electron chi connectivity index (χ3n) is 4.31. The molecule has 0 heterocycles. The molecule has 0 amide bonds. The highest BCUT2D eigenvalue weighted by Gasteiger charge is 2.52. The van der Waals surface area contributed by atoms with Gasteiger partial charge in [-0.1, -0.05) is 31.8 Å². The number of carbonyl (C=O) groups is 1. The second kappa shape index (κ2) is 7.50. The monoisotopic (exact) mass is 282 g/mol. The minimum Gasteiger partial charge on any atom is -0.465 e. The summed E-state index contributed by atoms with van der Waals surface area (Å²) in [7, 11) is 0. The van der Waals surface area contributed by atoms with Gasteiger partial charge in [0.25, 0.3) is 0 Å². The van der Waals surface area contributed by atoms with E-state index in [4.69, 9.17) is 10.3 Å². The largest absolute Gasteiger partial charge is 0.465 e. The van der Waals surface area contributed by atoms with E-state index in [1.54, 1.807) is 0 Å². The van der Waals surface area contributed by atoms with Crippen molar-refractivity contribution in [3.63, 3.8) is 0 Å². The summed E-state index contributed by atoms with van der Waals surface area (Å²) in [6, 6.07) is 0. The summed E-state index contributed by atoms with van der Waals surface area (Å²) in [5.41, 5.74) is 7.53. The first kappa shape index (κ1) is 16.8. The fraction of sp³-hybridized carbons (Fsp3) is 0.929. The molecule has 0 radical (unpaired) electrons.